The Bertz CT molecular complexity index is 511. The normalized spacial score (nSPS) is 12.6. The van der Waals surface area contributed by atoms with Crippen molar-refractivity contribution in [3.05, 3.63) is 34.9 Å². The summed E-state index contributed by atoms with van der Waals surface area (Å²) < 4.78 is 5.07. The van der Waals surface area contributed by atoms with Crippen molar-refractivity contribution in [2.75, 3.05) is 6.54 Å². The average molecular weight is 314 g/mol. The SMILES string of the molecule is CC(C)(C)OC(=O)NC[C@@H](Cc1cccc(Cl)c1)C(=O)O. The van der Waals surface area contributed by atoms with Gasteiger partial charge >= 0.3 is 12.1 Å². The van der Waals surface area contributed by atoms with Crippen LogP contribution in [0.2, 0.25) is 5.02 Å². The molecule has 0 aliphatic heterocycles. The molecule has 2 N–H and O–H groups in total. The molecule has 1 atom stereocenters. The highest BCUT2D eigenvalue weighted by Crippen LogP contribution is 2.15. The molecule has 1 aromatic rings. The van der Waals surface area contributed by atoms with Crippen molar-refractivity contribution in [3.8, 4) is 0 Å². The number of hydrogen-bond donors (Lipinski definition) is 2. The van der Waals surface area contributed by atoms with Gasteiger partial charge in [0.1, 0.15) is 5.60 Å². The van der Waals surface area contributed by atoms with E-state index in [1.165, 1.54) is 0 Å². The molecule has 0 aliphatic carbocycles. The zero-order chi connectivity index (χ0) is 16.0. The van der Waals surface area contributed by atoms with Crippen molar-refractivity contribution in [1.82, 2.24) is 5.32 Å². The maximum absolute atomic E-state index is 11.5. The van der Waals surface area contributed by atoms with E-state index < -0.39 is 23.6 Å². The zero-order valence-electron chi connectivity index (χ0n) is 12.4. The van der Waals surface area contributed by atoms with Gasteiger partial charge in [-0.25, -0.2) is 4.79 Å². The van der Waals surface area contributed by atoms with Gasteiger partial charge in [-0.3, -0.25) is 4.79 Å². The number of benzene rings is 1. The predicted molar refractivity (Wildman–Crippen MR) is 80.5 cm³/mol. The fourth-order valence-corrected chi connectivity index (χ4v) is 1.93. The van der Waals surface area contributed by atoms with Gasteiger partial charge in [0.05, 0.1) is 5.92 Å². The smallest absolute Gasteiger partial charge is 0.407 e. The maximum Gasteiger partial charge on any atom is 0.407 e. The van der Waals surface area contributed by atoms with Crippen molar-refractivity contribution in [2.24, 2.45) is 5.92 Å². The van der Waals surface area contributed by atoms with Gasteiger partial charge in [0.15, 0.2) is 0 Å². The summed E-state index contributed by atoms with van der Waals surface area (Å²) in [6.45, 7) is 5.23. The lowest BCUT2D eigenvalue weighted by atomic mass is 9.99. The van der Waals surface area contributed by atoms with Crippen molar-refractivity contribution in [1.29, 1.82) is 0 Å². The Labute approximate surface area is 129 Å². The number of hydrogen-bond acceptors (Lipinski definition) is 3. The third-order valence-corrected chi connectivity index (χ3v) is 2.85. The average Bonchev–Trinajstić information content (AvgIpc) is 2.32. The van der Waals surface area contributed by atoms with Crippen LogP contribution < -0.4 is 5.32 Å². The summed E-state index contributed by atoms with van der Waals surface area (Å²) in [6.07, 6.45) is -0.342. The van der Waals surface area contributed by atoms with Crippen LogP contribution in [0.3, 0.4) is 0 Å². The second-order valence-electron chi connectivity index (χ2n) is 5.75. The molecule has 0 radical (unpaired) electrons. The lowest BCUT2D eigenvalue weighted by Gasteiger charge is -2.21. The Morgan fingerprint density at radius 3 is 2.57 bits per heavy atom. The van der Waals surface area contributed by atoms with E-state index >= 15 is 0 Å². The number of alkyl carbamates (subject to hydrolysis) is 1. The van der Waals surface area contributed by atoms with E-state index in [2.05, 4.69) is 5.32 Å². The van der Waals surface area contributed by atoms with E-state index in [4.69, 9.17) is 16.3 Å². The number of rotatable bonds is 5. The fourth-order valence-electron chi connectivity index (χ4n) is 1.72. The fraction of sp³-hybridized carbons (Fsp3) is 0.467. The molecule has 1 amide bonds. The van der Waals surface area contributed by atoms with E-state index in [9.17, 15) is 14.7 Å². The predicted octanol–water partition coefficient (Wildman–Crippen LogP) is 3.11. The molecule has 116 valence electrons. The van der Waals surface area contributed by atoms with Gasteiger partial charge in [0.25, 0.3) is 0 Å². The van der Waals surface area contributed by atoms with Crippen molar-refractivity contribution in [2.45, 2.75) is 32.8 Å². The minimum absolute atomic E-state index is 0.00321. The van der Waals surface area contributed by atoms with E-state index in [0.717, 1.165) is 5.56 Å². The summed E-state index contributed by atoms with van der Waals surface area (Å²) in [7, 11) is 0. The molecule has 0 unspecified atom stereocenters. The van der Waals surface area contributed by atoms with Crippen LogP contribution in [0.25, 0.3) is 0 Å². The third-order valence-electron chi connectivity index (χ3n) is 2.61. The Hall–Kier alpha value is -1.75. The highest BCUT2D eigenvalue weighted by molar-refractivity contribution is 6.30. The maximum atomic E-state index is 11.5. The lowest BCUT2D eigenvalue weighted by molar-refractivity contribution is -0.141. The van der Waals surface area contributed by atoms with Crippen LogP contribution in [0.15, 0.2) is 24.3 Å². The van der Waals surface area contributed by atoms with Crippen LogP contribution in [0, 0.1) is 5.92 Å². The van der Waals surface area contributed by atoms with Crippen LogP contribution in [0.4, 0.5) is 4.79 Å². The van der Waals surface area contributed by atoms with Gasteiger partial charge in [0, 0.05) is 11.6 Å². The number of carboxylic acids is 1. The molecule has 0 heterocycles. The van der Waals surface area contributed by atoms with Gasteiger partial charge in [-0.15, -0.1) is 0 Å². The van der Waals surface area contributed by atoms with E-state index in [-0.39, 0.29) is 13.0 Å². The number of carboxylic acid groups (broad SMARTS) is 1. The molecule has 6 heteroatoms. The molecule has 1 aromatic carbocycles. The highest BCUT2D eigenvalue weighted by Gasteiger charge is 2.21. The van der Waals surface area contributed by atoms with E-state index in [1.807, 2.05) is 0 Å². The third kappa shape index (κ3) is 6.99. The van der Waals surface area contributed by atoms with Gasteiger partial charge < -0.3 is 15.2 Å². The number of nitrogens with one attached hydrogen (secondary N) is 1. The van der Waals surface area contributed by atoms with Crippen LogP contribution >= 0.6 is 11.6 Å². The molecule has 5 nitrogen and oxygen atoms in total. The number of ether oxygens (including phenoxy) is 1. The molecule has 0 bridgehead atoms. The van der Waals surface area contributed by atoms with Gasteiger partial charge in [-0.2, -0.15) is 0 Å². The Balaban J connectivity index is 2.59. The molecule has 0 fully saturated rings. The topological polar surface area (TPSA) is 75.6 Å². The molecular formula is C15H20ClNO4. The second-order valence-corrected chi connectivity index (χ2v) is 6.19. The number of halogens is 1. The zero-order valence-corrected chi connectivity index (χ0v) is 13.1. The summed E-state index contributed by atoms with van der Waals surface area (Å²) in [5.41, 5.74) is 0.191. The summed E-state index contributed by atoms with van der Waals surface area (Å²) in [6, 6.07) is 7.00. The van der Waals surface area contributed by atoms with E-state index in [0.29, 0.717) is 5.02 Å². The van der Waals surface area contributed by atoms with Crippen LogP contribution in [0.1, 0.15) is 26.3 Å². The van der Waals surface area contributed by atoms with Gasteiger partial charge in [-0.1, -0.05) is 23.7 Å². The molecule has 0 spiro atoms. The van der Waals surface area contributed by atoms with Crippen LogP contribution in [-0.2, 0) is 16.0 Å². The minimum Gasteiger partial charge on any atom is -0.481 e. The molecular weight excluding hydrogens is 294 g/mol. The Morgan fingerprint density at radius 1 is 1.38 bits per heavy atom. The first kappa shape index (κ1) is 17.3. The number of amides is 1. The standard InChI is InChI=1S/C15H20ClNO4/c1-15(2,3)21-14(20)17-9-11(13(18)19)7-10-5-4-6-12(16)8-10/h4-6,8,11H,7,9H2,1-3H3,(H,17,20)(H,18,19)/t11-/m1/s1. The van der Waals surface area contributed by atoms with Gasteiger partial charge in [-0.05, 0) is 44.9 Å². The summed E-state index contributed by atoms with van der Waals surface area (Å²) in [4.78, 5) is 22.8. The largest absolute Gasteiger partial charge is 0.481 e. The highest BCUT2D eigenvalue weighted by atomic mass is 35.5. The first-order valence-corrected chi connectivity index (χ1v) is 6.99. The summed E-state index contributed by atoms with van der Waals surface area (Å²) >= 11 is 5.87. The van der Waals surface area contributed by atoms with Gasteiger partial charge in [0.2, 0.25) is 0 Å². The summed E-state index contributed by atoms with van der Waals surface area (Å²) in [5.74, 6) is -1.72. The van der Waals surface area contributed by atoms with Crippen LogP contribution in [0.5, 0.6) is 0 Å². The summed E-state index contributed by atoms with van der Waals surface area (Å²) in [5, 5.41) is 12.3. The molecule has 0 aromatic heterocycles. The molecule has 0 aliphatic rings. The lowest BCUT2D eigenvalue weighted by Crippen LogP contribution is -2.37. The monoisotopic (exact) mass is 313 g/mol. The van der Waals surface area contributed by atoms with Crippen LogP contribution in [-0.4, -0.2) is 29.3 Å². The molecule has 21 heavy (non-hydrogen) atoms. The first-order chi connectivity index (χ1) is 9.67. The number of aliphatic carboxylic acids is 1. The number of carbonyl (C=O) groups is 2. The van der Waals surface area contributed by atoms with Crippen molar-refractivity contribution in [3.63, 3.8) is 0 Å². The second kappa shape index (κ2) is 7.31. The molecule has 0 saturated carbocycles. The van der Waals surface area contributed by atoms with Crippen molar-refractivity contribution >= 4 is 23.7 Å². The molecule has 1 rings (SSSR count). The minimum atomic E-state index is -0.981. The number of carbonyl (C=O) groups excluding carboxylic acids is 1. The first-order valence-electron chi connectivity index (χ1n) is 6.61. The quantitative estimate of drug-likeness (QED) is 0.875. The van der Waals surface area contributed by atoms with Crippen molar-refractivity contribution < 1.29 is 19.4 Å². The Morgan fingerprint density at radius 2 is 2.05 bits per heavy atom. The van der Waals surface area contributed by atoms with E-state index in [1.54, 1.807) is 45.0 Å². The molecule has 0 saturated heterocycles. The Kier molecular flexibility index (Phi) is 6.03.